The van der Waals surface area contributed by atoms with Gasteiger partial charge in [-0.2, -0.15) is 0 Å². The van der Waals surface area contributed by atoms with Gasteiger partial charge in [0.25, 0.3) is 6.47 Å². The molecule has 0 unspecified atom stereocenters. The van der Waals surface area contributed by atoms with E-state index in [1.165, 1.54) is 51.4 Å². The first kappa shape index (κ1) is 14.5. The molecule has 0 aromatic heterocycles. The van der Waals surface area contributed by atoms with Gasteiger partial charge >= 0.3 is 0 Å². The fourth-order valence-electron chi connectivity index (χ4n) is 2.14. The van der Waals surface area contributed by atoms with Gasteiger partial charge in [0.1, 0.15) is 6.61 Å². The van der Waals surface area contributed by atoms with Crippen LogP contribution in [0.1, 0.15) is 71.1 Å². The van der Waals surface area contributed by atoms with Crippen LogP contribution >= 0.6 is 0 Å². The Bertz CT molecular complexity index is 200. The third-order valence-electron chi connectivity index (χ3n) is 3.39. The predicted octanol–water partition coefficient (Wildman–Crippen LogP) is 3.81. The van der Waals surface area contributed by atoms with Crippen LogP contribution in [0.4, 0.5) is 0 Å². The molecular weight excluding hydrogens is 216 g/mol. The summed E-state index contributed by atoms with van der Waals surface area (Å²) in [6.07, 6.45) is 12.7. The minimum Gasteiger partial charge on any atom is -0.433 e. The molecule has 3 nitrogen and oxygen atoms in total. The summed E-state index contributed by atoms with van der Waals surface area (Å²) in [7, 11) is 0. The summed E-state index contributed by atoms with van der Waals surface area (Å²) in [5.41, 5.74) is 0. The Kier molecular flexibility index (Phi) is 7.25. The average molecular weight is 242 g/mol. The van der Waals surface area contributed by atoms with Crippen molar-refractivity contribution < 1.29 is 14.3 Å². The summed E-state index contributed by atoms with van der Waals surface area (Å²) in [6.45, 7) is 3.33. The topological polar surface area (TPSA) is 38.8 Å². The van der Waals surface area contributed by atoms with Crippen LogP contribution in [0, 0.1) is 0 Å². The van der Waals surface area contributed by atoms with Crippen molar-refractivity contribution in [2.45, 2.75) is 76.9 Å². The number of unbranched alkanes of at least 4 members (excludes halogenated alkanes) is 8. The SMILES string of the molecule is CCCCCCCCCCC[C@]1(OC=O)CO1. The van der Waals surface area contributed by atoms with Crippen LogP contribution in [0.5, 0.6) is 0 Å². The molecule has 0 aromatic carbocycles. The first-order chi connectivity index (χ1) is 8.33. The van der Waals surface area contributed by atoms with Crippen molar-refractivity contribution in [1.29, 1.82) is 0 Å². The molecule has 0 amide bonds. The van der Waals surface area contributed by atoms with Gasteiger partial charge in [-0.15, -0.1) is 0 Å². The van der Waals surface area contributed by atoms with Crippen LogP contribution in [0.25, 0.3) is 0 Å². The van der Waals surface area contributed by atoms with E-state index < -0.39 is 5.79 Å². The van der Waals surface area contributed by atoms with E-state index in [0.717, 1.165) is 12.8 Å². The quantitative estimate of drug-likeness (QED) is 0.297. The van der Waals surface area contributed by atoms with Crippen molar-refractivity contribution in [2.75, 3.05) is 6.61 Å². The highest BCUT2D eigenvalue weighted by atomic mass is 16.8. The van der Waals surface area contributed by atoms with Crippen LogP contribution in [0.3, 0.4) is 0 Å². The molecule has 100 valence electrons. The van der Waals surface area contributed by atoms with Gasteiger partial charge in [0.2, 0.25) is 5.79 Å². The van der Waals surface area contributed by atoms with E-state index in [2.05, 4.69) is 6.92 Å². The molecule has 0 saturated carbocycles. The Morgan fingerprint density at radius 3 is 2.06 bits per heavy atom. The van der Waals surface area contributed by atoms with E-state index in [1.807, 2.05) is 0 Å². The minimum absolute atomic E-state index is 0.501. The molecule has 1 heterocycles. The molecule has 1 atom stereocenters. The summed E-state index contributed by atoms with van der Waals surface area (Å²) in [4.78, 5) is 10.2. The maximum absolute atomic E-state index is 10.2. The number of carbonyl (C=O) groups excluding carboxylic acids is 1. The highest BCUT2D eigenvalue weighted by molar-refractivity contribution is 5.38. The van der Waals surface area contributed by atoms with Crippen LogP contribution in [-0.2, 0) is 14.3 Å². The predicted molar refractivity (Wildman–Crippen MR) is 67.7 cm³/mol. The van der Waals surface area contributed by atoms with E-state index in [4.69, 9.17) is 9.47 Å². The van der Waals surface area contributed by atoms with E-state index in [1.54, 1.807) is 0 Å². The lowest BCUT2D eigenvalue weighted by Crippen LogP contribution is -2.14. The molecule has 0 radical (unpaired) electrons. The molecule has 1 rings (SSSR count). The molecule has 0 aromatic rings. The van der Waals surface area contributed by atoms with Gasteiger partial charge in [-0.05, 0) is 6.42 Å². The standard InChI is InChI=1S/C14H26O3/c1-2-3-4-5-6-7-8-9-10-11-14(12-16-14)17-13-15/h13H,2-12H2,1H3/t14-/m0/s1. The molecule has 3 heteroatoms. The van der Waals surface area contributed by atoms with Gasteiger partial charge in [-0.25, -0.2) is 0 Å². The molecule has 0 spiro atoms. The normalized spacial score (nSPS) is 22.4. The van der Waals surface area contributed by atoms with Gasteiger partial charge in [0.15, 0.2) is 0 Å². The summed E-state index contributed by atoms with van der Waals surface area (Å²) in [6, 6.07) is 0. The average Bonchev–Trinajstić information content (AvgIpc) is 3.08. The molecule has 0 bridgehead atoms. The number of hydrogen-bond donors (Lipinski definition) is 0. The monoisotopic (exact) mass is 242 g/mol. The smallest absolute Gasteiger partial charge is 0.295 e. The number of epoxide rings is 1. The van der Waals surface area contributed by atoms with E-state index >= 15 is 0 Å². The summed E-state index contributed by atoms with van der Waals surface area (Å²) in [5, 5.41) is 0. The molecule has 17 heavy (non-hydrogen) atoms. The number of carbonyl (C=O) groups is 1. The van der Waals surface area contributed by atoms with Gasteiger partial charge < -0.3 is 9.47 Å². The highest BCUT2D eigenvalue weighted by Crippen LogP contribution is 2.33. The Labute approximate surface area is 105 Å². The Hall–Kier alpha value is -0.570. The van der Waals surface area contributed by atoms with Crippen LogP contribution in [-0.4, -0.2) is 18.9 Å². The van der Waals surface area contributed by atoms with E-state index in [0.29, 0.717) is 13.1 Å². The van der Waals surface area contributed by atoms with Crippen LogP contribution in [0.15, 0.2) is 0 Å². The molecule has 1 aliphatic rings. The van der Waals surface area contributed by atoms with Gasteiger partial charge in [0.05, 0.1) is 0 Å². The second-order valence-electron chi connectivity index (χ2n) is 4.99. The van der Waals surface area contributed by atoms with Crippen LogP contribution in [0.2, 0.25) is 0 Å². The van der Waals surface area contributed by atoms with Crippen molar-refractivity contribution in [2.24, 2.45) is 0 Å². The molecule has 0 N–H and O–H groups in total. The van der Waals surface area contributed by atoms with Crippen molar-refractivity contribution in [3.8, 4) is 0 Å². The van der Waals surface area contributed by atoms with E-state index in [9.17, 15) is 4.79 Å². The zero-order chi connectivity index (χ0) is 12.4. The van der Waals surface area contributed by atoms with E-state index in [-0.39, 0.29) is 0 Å². The molecule has 1 aliphatic heterocycles. The Balaban J connectivity index is 1.80. The Morgan fingerprint density at radius 1 is 1.06 bits per heavy atom. The molecule has 1 fully saturated rings. The van der Waals surface area contributed by atoms with Gasteiger partial charge in [0, 0.05) is 6.42 Å². The van der Waals surface area contributed by atoms with Crippen molar-refractivity contribution >= 4 is 6.47 Å². The van der Waals surface area contributed by atoms with Crippen molar-refractivity contribution in [3.05, 3.63) is 0 Å². The van der Waals surface area contributed by atoms with Gasteiger partial charge in [-0.1, -0.05) is 58.3 Å². The highest BCUT2D eigenvalue weighted by Gasteiger charge is 2.46. The molecule has 0 aliphatic carbocycles. The largest absolute Gasteiger partial charge is 0.433 e. The lowest BCUT2D eigenvalue weighted by molar-refractivity contribution is -0.143. The third kappa shape index (κ3) is 6.67. The van der Waals surface area contributed by atoms with Gasteiger partial charge in [-0.3, -0.25) is 4.79 Å². The molecule has 1 saturated heterocycles. The third-order valence-corrected chi connectivity index (χ3v) is 3.39. The maximum Gasteiger partial charge on any atom is 0.295 e. The lowest BCUT2D eigenvalue weighted by Gasteiger charge is -2.08. The number of rotatable bonds is 12. The summed E-state index contributed by atoms with van der Waals surface area (Å²) in [5.74, 6) is -0.525. The number of ether oxygens (including phenoxy) is 2. The van der Waals surface area contributed by atoms with Crippen LogP contribution < -0.4 is 0 Å². The fraction of sp³-hybridized carbons (Fsp3) is 0.929. The second kappa shape index (κ2) is 8.51. The zero-order valence-corrected chi connectivity index (χ0v) is 11.1. The first-order valence-corrected chi connectivity index (χ1v) is 7.08. The minimum atomic E-state index is -0.525. The zero-order valence-electron chi connectivity index (χ0n) is 11.1. The van der Waals surface area contributed by atoms with Crippen molar-refractivity contribution in [1.82, 2.24) is 0 Å². The first-order valence-electron chi connectivity index (χ1n) is 7.08. The summed E-state index contributed by atoms with van der Waals surface area (Å²) < 4.78 is 10.1. The molecular formula is C14H26O3. The fourth-order valence-corrected chi connectivity index (χ4v) is 2.14. The van der Waals surface area contributed by atoms with Crippen molar-refractivity contribution in [3.63, 3.8) is 0 Å². The lowest BCUT2D eigenvalue weighted by atomic mass is 10.1. The maximum atomic E-state index is 10.2. The number of hydrogen-bond acceptors (Lipinski definition) is 3. The second-order valence-corrected chi connectivity index (χ2v) is 4.99. The Morgan fingerprint density at radius 2 is 1.59 bits per heavy atom. The summed E-state index contributed by atoms with van der Waals surface area (Å²) >= 11 is 0.